The number of likely N-dealkylation sites (tertiary alicyclic amines) is 1. The smallest absolute Gasteiger partial charge is 0.317 e. The van der Waals surface area contributed by atoms with E-state index in [9.17, 15) is 4.79 Å². The highest BCUT2D eigenvalue weighted by atomic mass is 16.2. The molecular formula is C14H25N3O. The molecule has 4 nitrogen and oxygen atoms in total. The molecule has 3 saturated heterocycles. The van der Waals surface area contributed by atoms with Gasteiger partial charge in [-0.1, -0.05) is 6.92 Å². The second-order valence-corrected chi connectivity index (χ2v) is 6.26. The molecule has 3 aliphatic rings. The van der Waals surface area contributed by atoms with Crippen LogP contribution in [0.3, 0.4) is 0 Å². The molecule has 18 heavy (non-hydrogen) atoms. The summed E-state index contributed by atoms with van der Waals surface area (Å²) in [6.07, 6.45) is 6.03. The maximum atomic E-state index is 12.2. The minimum atomic E-state index is 0.181. The average molecular weight is 251 g/mol. The van der Waals surface area contributed by atoms with Gasteiger partial charge in [0.05, 0.1) is 0 Å². The number of carbonyl (C=O) groups excluding carboxylic acids is 1. The van der Waals surface area contributed by atoms with Crippen molar-refractivity contribution < 1.29 is 4.79 Å². The molecule has 0 bridgehead atoms. The Labute approximate surface area is 110 Å². The Kier molecular flexibility index (Phi) is 3.46. The lowest BCUT2D eigenvalue weighted by Gasteiger charge is -2.32. The van der Waals surface area contributed by atoms with Crippen LogP contribution in [-0.2, 0) is 0 Å². The van der Waals surface area contributed by atoms with Gasteiger partial charge in [0, 0.05) is 31.7 Å². The molecule has 1 N–H and O–H groups in total. The molecule has 4 heteroatoms. The van der Waals surface area contributed by atoms with E-state index in [0.29, 0.717) is 12.1 Å². The van der Waals surface area contributed by atoms with E-state index in [1.54, 1.807) is 0 Å². The molecule has 3 rings (SSSR count). The fourth-order valence-corrected chi connectivity index (χ4v) is 3.71. The molecular weight excluding hydrogens is 226 g/mol. The summed E-state index contributed by atoms with van der Waals surface area (Å²) in [5.74, 6) is 0.783. The number of rotatable bonds is 1. The maximum Gasteiger partial charge on any atom is 0.317 e. The van der Waals surface area contributed by atoms with E-state index in [1.807, 2.05) is 4.90 Å². The maximum absolute atomic E-state index is 12.2. The van der Waals surface area contributed by atoms with Crippen LogP contribution in [0.1, 0.15) is 39.0 Å². The Balaban J connectivity index is 1.52. The number of piperidine rings is 1. The molecule has 0 aliphatic carbocycles. The monoisotopic (exact) mass is 251 g/mol. The Morgan fingerprint density at radius 1 is 1.06 bits per heavy atom. The van der Waals surface area contributed by atoms with Crippen molar-refractivity contribution in [3.8, 4) is 0 Å². The first-order valence-corrected chi connectivity index (χ1v) is 7.53. The van der Waals surface area contributed by atoms with Gasteiger partial charge in [-0.25, -0.2) is 4.79 Å². The lowest BCUT2D eigenvalue weighted by molar-refractivity contribution is 0.168. The third-order valence-corrected chi connectivity index (χ3v) is 4.99. The lowest BCUT2D eigenvalue weighted by Crippen LogP contribution is -2.50. The standard InChI is InChI=1S/C14H25N3O/c1-11-4-8-17(9-5-11)14(18)15-12-6-10-16-7-2-3-13(12)16/h11-13H,2-10H2,1H3,(H,15,18). The van der Waals surface area contributed by atoms with E-state index < -0.39 is 0 Å². The van der Waals surface area contributed by atoms with Crippen molar-refractivity contribution in [2.75, 3.05) is 26.2 Å². The summed E-state index contributed by atoms with van der Waals surface area (Å²) in [4.78, 5) is 16.8. The summed E-state index contributed by atoms with van der Waals surface area (Å²) in [6.45, 7) is 6.57. The zero-order valence-corrected chi connectivity index (χ0v) is 11.4. The van der Waals surface area contributed by atoms with E-state index in [4.69, 9.17) is 0 Å². The summed E-state index contributed by atoms with van der Waals surface area (Å²) in [5.41, 5.74) is 0. The van der Waals surface area contributed by atoms with Gasteiger partial charge in [0.25, 0.3) is 0 Å². The van der Waals surface area contributed by atoms with Crippen LogP contribution in [0.25, 0.3) is 0 Å². The minimum absolute atomic E-state index is 0.181. The summed E-state index contributed by atoms with van der Waals surface area (Å²) >= 11 is 0. The Bertz CT molecular complexity index is 312. The number of fused-ring (bicyclic) bond motifs is 1. The lowest BCUT2D eigenvalue weighted by atomic mass is 9.99. The van der Waals surface area contributed by atoms with Crippen LogP contribution in [-0.4, -0.2) is 54.1 Å². The van der Waals surface area contributed by atoms with Gasteiger partial charge in [0.2, 0.25) is 0 Å². The highest BCUT2D eigenvalue weighted by molar-refractivity contribution is 5.74. The number of amides is 2. The molecule has 102 valence electrons. The van der Waals surface area contributed by atoms with Gasteiger partial charge in [-0.05, 0) is 44.6 Å². The van der Waals surface area contributed by atoms with Crippen molar-refractivity contribution >= 4 is 6.03 Å². The number of urea groups is 1. The summed E-state index contributed by atoms with van der Waals surface area (Å²) in [6, 6.07) is 1.21. The zero-order chi connectivity index (χ0) is 12.5. The van der Waals surface area contributed by atoms with Gasteiger partial charge in [0.1, 0.15) is 0 Å². The first-order valence-electron chi connectivity index (χ1n) is 7.53. The van der Waals surface area contributed by atoms with E-state index in [-0.39, 0.29) is 6.03 Å². The van der Waals surface area contributed by atoms with Crippen molar-refractivity contribution in [2.45, 2.75) is 51.1 Å². The number of hydrogen-bond donors (Lipinski definition) is 1. The number of hydrogen-bond acceptors (Lipinski definition) is 2. The molecule has 0 aromatic heterocycles. The highest BCUT2D eigenvalue weighted by Gasteiger charge is 2.38. The van der Waals surface area contributed by atoms with Gasteiger partial charge < -0.3 is 10.2 Å². The Morgan fingerprint density at radius 2 is 1.83 bits per heavy atom. The van der Waals surface area contributed by atoms with Crippen LogP contribution in [0.2, 0.25) is 0 Å². The topological polar surface area (TPSA) is 35.6 Å². The van der Waals surface area contributed by atoms with E-state index >= 15 is 0 Å². The quantitative estimate of drug-likeness (QED) is 0.769. The number of carbonyl (C=O) groups is 1. The Morgan fingerprint density at radius 3 is 2.61 bits per heavy atom. The zero-order valence-electron chi connectivity index (χ0n) is 11.4. The largest absolute Gasteiger partial charge is 0.334 e. The van der Waals surface area contributed by atoms with Crippen LogP contribution < -0.4 is 5.32 Å². The highest BCUT2D eigenvalue weighted by Crippen LogP contribution is 2.28. The minimum Gasteiger partial charge on any atom is -0.334 e. The third kappa shape index (κ3) is 2.35. The normalized spacial score (nSPS) is 33.7. The summed E-state index contributed by atoms with van der Waals surface area (Å²) < 4.78 is 0. The second-order valence-electron chi connectivity index (χ2n) is 6.26. The molecule has 3 heterocycles. The third-order valence-electron chi connectivity index (χ3n) is 4.99. The average Bonchev–Trinajstić information content (AvgIpc) is 2.95. The van der Waals surface area contributed by atoms with Gasteiger partial charge in [-0.2, -0.15) is 0 Å². The first-order chi connectivity index (χ1) is 8.74. The van der Waals surface area contributed by atoms with Crippen molar-refractivity contribution in [1.82, 2.24) is 15.1 Å². The summed E-state index contributed by atoms with van der Waals surface area (Å²) in [5, 5.41) is 3.28. The molecule has 2 atom stereocenters. The van der Waals surface area contributed by atoms with E-state index in [1.165, 1.54) is 25.9 Å². The SMILES string of the molecule is CC1CCN(C(=O)NC2CCN3CCCC23)CC1. The van der Waals surface area contributed by atoms with Gasteiger partial charge in [0.15, 0.2) is 0 Å². The van der Waals surface area contributed by atoms with Gasteiger partial charge >= 0.3 is 6.03 Å². The molecule has 3 fully saturated rings. The van der Waals surface area contributed by atoms with Crippen molar-refractivity contribution in [3.05, 3.63) is 0 Å². The van der Waals surface area contributed by atoms with Crippen LogP contribution in [0.4, 0.5) is 4.79 Å². The van der Waals surface area contributed by atoms with Crippen LogP contribution in [0, 0.1) is 5.92 Å². The van der Waals surface area contributed by atoms with E-state index in [2.05, 4.69) is 17.1 Å². The predicted octanol–water partition coefficient (Wildman–Crippen LogP) is 1.66. The molecule has 0 radical (unpaired) electrons. The van der Waals surface area contributed by atoms with Crippen LogP contribution in [0.15, 0.2) is 0 Å². The fourth-order valence-electron chi connectivity index (χ4n) is 3.71. The molecule has 0 aromatic carbocycles. The predicted molar refractivity (Wildman–Crippen MR) is 71.5 cm³/mol. The van der Waals surface area contributed by atoms with Gasteiger partial charge in [-0.15, -0.1) is 0 Å². The van der Waals surface area contributed by atoms with Crippen LogP contribution >= 0.6 is 0 Å². The molecule has 0 spiro atoms. The van der Waals surface area contributed by atoms with Gasteiger partial charge in [-0.3, -0.25) is 4.90 Å². The Hall–Kier alpha value is -0.770. The van der Waals surface area contributed by atoms with Crippen molar-refractivity contribution in [1.29, 1.82) is 0 Å². The molecule has 0 aromatic rings. The molecule has 3 aliphatic heterocycles. The molecule has 2 amide bonds. The molecule has 2 unspecified atom stereocenters. The van der Waals surface area contributed by atoms with Crippen molar-refractivity contribution in [3.63, 3.8) is 0 Å². The number of nitrogens with one attached hydrogen (secondary N) is 1. The van der Waals surface area contributed by atoms with Crippen LogP contribution in [0.5, 0.6) is 0 Å². The van der Waals surface area contributed by atoms with Crippen molar-refractivity contribution in [2.24, 2.45) is 5.92 Å². The fraction of sp³-hybridized carbons (Fsp3) is 0.929. The first kappa shape index (κ1) is 12.3. The second kappa shape index (κ2) is 5.08. The number of nitrogens with zero attached hydrogens (tertiary/aromatic N) is 2. The van der Waals surface area contributed by atoms with E-state index in [0.717, 1.165) is 38.3 Å². The molecule has 0 saturated carbocycles. The summed E-state index contributed by atoms with van der Waals surface area (Å²) in [7, 11) is 0.